The van der Waals surface area contributed by atoms with Crippen molar-refractivity contribution in [1.82, 2.24) is 19.7 Å². The minimum Gasteiger partial charge on any atom is -0.397 e. The van der Waals surface area contributed by atoms with Crippen molar-refractivity contribution in [1.29, 1.82) is 5.26 Å². The highest BCUT2D eigenvalue weighted by molar-refractivity contribution is 7.99. The van der Waals surface area contributed by atoms with Crippen molar-refractivity contribution in [3.63, 3.8) is 0 Å². The molecule has 1 aliphatic rings. The number of hydrogen-bond donors (Lipinski definition) is 2. The fourth-order valence-corrected chi connectivity index (χ4v) is 2.65. The van der Waals surface area contributed by atoms with Crippen molar-refractivity contribution in [3.8, 4) is 6.07 Å². The van der Waals surface area contributed by atoms with Gasteiger partial charge < -0.3 is 5.73 Å². The van der Waals surface area contributed by atoms with Gasteiger partial charge in [0.1, 0.15) is 11.1 Å². The maximum Gasteiger partial charge on any atom is 0.344 e. The van der Waals surface area contributed by atoms with E-state index in [2.05, 4.69) is 15.2 Å². The Hall–Kier alpha value is -2.27. The minimum absolute atomic E-state index is 0.216. The number of H-pyrrole nitrogens is 1. The van der Waals surface area contributed by atoms with Crippen molar-refractivity contribution >= 4 is 17.4 Å². The number of nitriles is 1. The third kappa shape index (κ3) is 2.20. The molecular weight excluding hydrogens is 264 g/mol. The van der Waals surface area contributed by atoms with Crippen molar-refractivity contribution in [2.75, 3.05) is 5.73 Å². The normalized spacial score (nSPS) is 14.3. The Morgan fingerprint density at radius 2 is 2.37 bits per heavy atom. The molecule has 1 fully saturated rings. The maximum absolute atomic E-state index is 11.6. The second kappa shape index (κ2) is 4.44. The summed E-state index contributed by atoms with van der Waals surface area (Å²) in [6, 6.07) is 3.81. The van der Waals surface area contributed by atoms with Crippen molar-refractivity contribution in [2.24, 2.45) is 0 Å². The van der Waals surface area contributed by atoms with Crippen LogP contribution in [0.4, 0.5) is 5.69 Å². The number of nitrogens with one attached hydrogen (secondary N) is 1. The number of pyridine rings is 1. The first-order valence-electron chi connectivity index (χ1n) is 5.69. The molecule has 1 saturated carbocycles. The van der Waals surface area contributed by atoms with E-state index in [0.29, 0.717) is 21.4 Å². The number of aromatic nitrogens is 4. The molecule has 0 radical (unpaired) electrons. The van der Waals surface area contributed by atoms with Gasteiger partial charge in [-0.25, -0.2) is 14.9 Å². The predicted octanol–water partition coefficient (Wildman–Crippen LogP) is 0.906. The SMILES string of the molecule is N#Cc1cc(N)cnc1Sc1n[nH]c(=O)n1C1CC1. The largest absolute Gasteiger partial charge is 0.397 e. The van der Waals surface area contributed by atoms with E-state index >= 15 is 0 Å². The molecule has 0 atom stereocenters. The van der Waals surface area contributed by atoms with E-state index in [0.717, 1.165) is 12.8 Å². The lowest BCUT2D eigenvalue weighted by molar-refractivity contribution is 0.642. The Labute approximate surface area is 112 Å². The number of nitrogens with zero attached hydrogens (tertiary/aromatic N) is 4. The summed E-state index contributed by atoms with van der Waals surface area (Å²) < 4.78 is 1.61. The fraction of sp³-hybridized carbons (Fsp3) is 0.273. The minimum atomic E-state index is -0.223. The Balaban J connectivity index is 1.98. The van der Waals surface area contributed by atoms with Crippen LogP contribution in [0.5, 0.6) is 0 Å². The van der Waals surface area contributed by atoms with Crippen LogP contribution in [0.1, 0.15) is 24.4 Å². The van der Waals surface area contributed by atoms with Crippen LogP contribution in [0.3, 0.4) is 0 Å². The molecule has 0 spiro atoms. The van der Waals surface area contributed by atoms with Gasteiger partial charge in [-0.05, 0) is 30.7 Å². The van der Waals surface area contributed by atoms with Gasteiger partial charge >= 0.3 is 5.69 Å². The molecule has 96 valence electrons. The Bertz CT molecular complexity index is 724. The van der Waals surface area contributed by atoms with Crippen LogP contribution in [0.2, 0.25) is 0 Å². The third-order valence-corrected chi connectivity index (χ3v) is 3.75. The van der Waals surface area contributed by atoms with Crippen LogP contribution in [-0.2, 0) is 0 Å². The molecule has 0 aliphatic heterocycles. The first-order chi connectivity index (χ1) is 9.19. The first-order valence-corrected chi connectivity index (χ1v) is 6.51. The summed E-state index contributed by atoms with van der Waals surface area (Å²) in [5, 5.41) is 16.5. The van der Waals surface area contributed by atoms with E-state index in [1.807, 2.05) is 6.07 Å². The van der Waals surface area contributed by atoms with Crippen molar-refractivity contribution in [2.45, 2.75) is 29.1 Å². The van der Waals surface area contributed by atoms with E-state index in [-0.39, 0.29) is 11.7 Å². The average molecular weight is 274 g/mol. The maximum atomic E-state index is 11.6. The van der Waals surface area contributed by atoms with Gasteiger partial charge in [0.05, 0.1) is 17.4 Å². The van der Waals surface area contributed by atoms with Gasteiger partial charge in [-0.2, -0.15) is 5.26 Å². The summed E-state index contributed by atoms with van der Waals surface area (Å²) in [4.78, 5) is 15.8. The molecule has 2 heterocycles. The van der Waals surface area contributed by atoms with Gasteiger partial charge in [0.2, 0.25) is 0 Å². The molecule has 2 aromatic heterocycles. The molecule has 0 aromatic carbocycles. The molecule has 3 N–H and O–H groups in total. The van der Waals surface area contributed by atoms with Crippen LogP contribution in [0.15, 0.2) is 27.2 Å². The summed E-state index contributed by atoms with van der Waals surface area (Å²) >= 11 is 1.19. The van der Waals surface area contributed by atoms with E-state index in [1.165, 1.54) is 18.0 Å². The van der Waals surface area contributed by atoms with Crippen LogP contribution in [0.25, 0.3) is 0 Å². The third-order valence-electron chi connectivity index (χ3n) is 2.76. The zero-order chi connectivity index (χ0) is 13.4. The highest BCUT2D eigenvalue weighted by Gasteiger charge is 2.29. The number of aromatic amines is 1. The summed E-state index contributed by atoms with van der Waals surface area (Å²) in [5.41, 5.74) is 6.18. The smallest absolute Gasteiger partial charge is 0.344 e. The van der Waals surface area contributed by atoms with Gasteiger partial charge in [0, 0.05) is 6.04 Å². The van der Waals surface area contributed by atoms with E-state index < -0.39 is 0 Å². The molecular formula is C11H10N6OS. The van der Waals surface area contributed by atoms with E-state index in [9.17, 15) is 4.79 Å². The number of hydrogen-bond acceptors (Lipinski definition) is 6. The van der Waals surface area contributed by atoms with E-state index in [4.69, 9.17) is 11.0 Å². The standard InChI is InChI=1S/C11H10N6OS/c12-4-6-3-7(13)5-14-9(6)19-11-16-15-10(18)17(11)8-1-2-8/h3,5,8H,1-2,13H2,(H,15,18). The molecule has 2 aromatic rings. The number of nitrogens with two attached hydrogens (primary N) is 1. The second-order valence-corrected chi connectivity index (χ2v) is 5.20. The Morgan fingerprint density at radius 3 is 3.05 bits per heavy atom. The monoisotopic (exact) mass is 274 g/mol. The average Bonchev–Trinajstić information content (AvgIpc) is 3.17. The summed E-state index contributed by atoms with van der Waals surface area (Å²) in [7, 11) is 0. The topological polar surface area (TPSA) is 113 Å². The molecule has 19 heavy (non-hydrogen) atoms. The zero-order valence-electron chi connectivity index (χ0n) is 9.83. The number of rotatable bonds is 3. The quantitative estimate of drug-likeness (QED) is 0.859. The number of anilines is 1. The molecule has 0 unspecified atom stereocenters. The molecule has 3 rings (SSSR count). The predicted molar refractivity (Wildman–Crippen MR) is 68.6 cm³/mol. The van der Waals surface area contributed by atoms with Crippen LogP contribution in [0, 0.1) is 11.3 Å². The highest BCUT2D eigenvalue weighted by atomic mass is 32.2. The van der Waals surface area contributed by atoms with Gasteiger partial charge in [-0.3, -0.25) is 4.57 Å². The van der Waals surface area contributed by atoms with Gasteiger partial charge in [0.15, 0.2) is 5.16 Å². The summed E-state index contributed by atoms with van der Waals surface area (Å²) in [6.07, 6.45) is 3.44. The van der Waals surface area contributed by atoms with Gasteiger partial charge in [0.25, 0.3) is 0 Å². The first kappa shape index (κ1) is 11.8. The molecule has 0 saturated heterocycles. The second-order valence-electron chi connectivity index (χ2n) is 4.25. The van der Waals surface area contributed by atoms with Gasteiger partial charge in [-0.15, -0.1) is 5.10 Å². The Morgan fingerprint density at radius 1 is 1.58 bits per heavy atom. The lowest BCUT2D eigenvalue weighted by Gasteiger charge is -2.04. The number of nitrogen functional groups attached to an aromatic ring is 1. The lowest BCUT2D eigenvalue weighted by Crippen LogP contribution is -2.16. The molecule has 7 nitrogen and oxygen atoms in total. The molecule has 1 aliphatic carbocycles. The molecule has 8 heteroatoms. The van der Waals surface area contributed by atoms with Crippen LogP contribution < -0.4 is 11.4 Å². The fourth-order valence-electron chi connectivity index (χ4n) is 1.73. The molecule has 0 amide bonds. The van der Waals surface area contributed by atoms with Crippen molar-refractivity contribution in [3.05, 3.63) is 28.3 Å². The summed E-state index contributed by atoms with van der Waals surface area (Å²) in [5.74, 6) is 0. The highest BCUT2D eigenvalue weighted by Crippen LogP contribution is 2.37. The Kier molecular flexibility index (Phi) is 2.76. The lowest BCUT2D eigenvalue weighted by atomic mass is 10.3. The van der Waals surface area contributed by atoms with E-state index in [1.54, 1.807) is 10.6 Å². The van der Waals surface area contributed by atoms with Gasteiger partial charge in [-0.1, -0.05) is 0 Å². The van der Waals surface area contributed by atoms with Crippen molar-refractivity contribution < 1.29 is 0 Å². The van der Waals surface area contributed by atoms with Crippen LogP contribution in [-0.4, -0.2) is 19.7 Å². The zero-order valence-corrected chi connectivity index (χ0v) is 10.6. The summed E-state index contributed by atoms with van der Waals surface area (Å²) in [6.45, 7) is 0. The molecule has 0 bridgehead atoms. The van der Waals surface area contributed by atoms with Crippen LogP contribution >= 0.6 is 11.8 Å².